The average molecular weight is 353 g/mol. The van der Waals surface area contributed by atoms with Crippen LogP contribution in [0.2, 0.25) is 0 Å². The van der Waals surface area contributed by atoms with Gasteiger partial charge in [-0.1, -0.05) is 0 Å². The summed E-state index contributed by atoms with van der Waals surface area (Å²) in [6, 6.07) is 7.31. The van der Waals surface area contributed by atoms with E-state index in [-0.39, 0.29) is 24.1 Å². The number of anilines is 1. The van der Waals surface area contributed by atoms with Crippen LogP contribution < -0.4 is 9.64 Å². The minimum Gasteiger partial charge on any atom is -0.481 e. The molecule has 0 aliphatic carbocycles. The predicted molar refractivity (Wildman–Crippen MR) is 90.3 cm³/mol. The van der Waals surface area contributed by atoms with Crippen LogP contribution >= 0.6 is 12.4 Å². The third-order valence-electron chi connectivity index (χ3n) is 3.77. The fraction of sp³-hybridized carbons (Fsp3) is 0.312. The van der Waals surface area contributed by atoms with Gasteiger partial charge in [0.15, 0.2) is 0 Å². The molecule has 6 nitrogen and oxygen atoms in total. The van der Waals surface area contributed by atoms with Crippen LogP contribution in [0.1, 0.15) is 10.4 Å². The number of hydrogen-bond donors (Lipinski definition) is 0. The highest BCUT2D eigenvalue weighted by atomic mass is 35.5. The number of amides is 1. The van der Waals surface area contributed by atoms with E-state index >= 15 is 0 Å². The second-order valence-corrected chi connectivity index (χ2v) is 5.19. The van der Waals surface area contributed by atoms with Crippen molar-refractivity contribution in [1.29, 1.82) is 0 Å². The van der Waals surface area contributed by atoms with Crippen LogP contribution in [0.25, 0.3) is 0 Å². The van der Waals surface area contributed by atoms with E-state index in [1.54, 1.807) is 24.3 Å². The first-order chi connectivity index (χ1) is 11.2. The lowest BCUT2D eigenvalue weighted by Crippen LogP contribution is -2.49. The second kappa shape index (κ2) is 7.92. The number of halogens is 2. The summed E-state index contributed by atoms with van der Waals surface area (Å²) in [5, 5.41) is 0. The smallest absolute Gasteiger partial charge is 0.253 e. The maximum atomic E-state index is 12.9. The Morgan fingerprint density at radius 3 is 2.42 bits per heavy atom. The molecule has 0 saturated carbocycles. The number of hydrogen-bond acceptors (Lipinski definition) is 5. The first kappa shape index (κ1) is 17.9. The predicted octanol–water partition coefficient (Wildman–Crippen LogP) is 2.01. The van der Waals surface area contributed by atoms with Crippen LogP contribution in [0, 0.1) is 5.82 Å². The van der Waals surface area contributed by atoms with Crippen LogP contribution in [-0.4, -0.2) is 54.1 Å². The van der Waals surface area contributed by atoms with Crippen molar-refractivity contribution in [1.82, 2.24) is 14.9 Å². The number of carbonyl (C=O) groups is 1. The maximum absolute atomic E-state index is 12.9. The number of piperazine rings is 1. The van der Waals surface area contributed by atoms with Crippen molar-refractivity contribution in [2.24, 2.45) is 0 Å². The molecule has 0 bridgehead atoms. The van der Waals surface area contributed by atoms with E-state index in [4.69, 9.17) is 4.74 Å². The Bertz CT molecular complexity index is 691. The van der Waals surface area contributed by atoms with Crippen molar-refractivity contribution < 1.29 is 13.9 Å². The van der Waals surface area contributed by atoms with E-state index < -0.39 is 0 Å². The zero-order valence-corrected chi connectivity index (χ0v) is 14.0. The summed E-state index contributed by atoms with van der Waals surface area (Å²) in [5.41, 5.74) is 0.498. The molecule has 8 heteroatoms. The summed E-state index contributed by atoms with van der Waals surface area (Å²) >= 11 is 0. The van der Waals surface area contributed by atoms with E-state index in [0.717, 1.165) is 0 Å². The van der Waals surface area contributed by atoms with Crippen molar-refractivity contribution in [2.45, 2.75) is 0 Å². The van der Waals surface area contributed by atoms with E-state index in [1.165, 1.54) is 24.3 Å². The van der Waals surface area contributed by atoms with Gasteiger partial charge >= 0.3 is 0 Å². The number of carbonyl (C=O) groups excluding carboxylic acids is 1. The molecule has 1 aliphatic heterocycles. The molecule has 24 heavy (non-hydrogen) atoms. The third-order valence-corrected chi connectivity index (χ3v) is 3.77. The number of nitrogens with zero attached hydrogens (tertiary/aromatic N) is 4. The average Bonchev–Trinajstić information content (AvgIpc) is 2.62. The van der Waals surface area contributed by atoms with Gasteiger partial charge in [0, 0.05) is 44.0 Å². The molecule has 3 rings (SSSR count). The lowest BCUT2D eigenvalue weighted by atomic mass is 10.2. The summed E-state index contributed by atoms with van der Waals surface area (Å²) < 4.78 is 18.0. The summed E-state index contributed by atoms with van der Waals surface area (Å²) in [5.74, 6) is 0.677. The van der Waals surface area contributed by atoms with Gasteiger partial charge in [-0.3, -0.25) is 4.79 Å². The van der Waals surface area contributed by atoms with Gasteiger partial charge in [-0.25, -0.2) is 9.37 Å². The van der Waals surface area contributed by atoms with Gasteiger partial charge in [0.25, 0.3) is 5.91 Å². The minimum atomic E-state index is -0.346. The molecule has 2 aromatic rings. The quantitative estimate of drug-likeness (QED) is 0.845. The summed E-state index contributed by atoms with van der Waals surface area (Å²) in [6.45, 7) is 2.41. The molecule has 128 valence electrons. The fourth-order valence-electron chi connectivity index (χ4n) is 2.48. The molecule has 2 heterocycles. The van der Waals surface area contributed by atoms with Crippen LogP contribution in [0.3, 0.4) is 0 Å². The van der Waals surface area contributed by atoms with Crippen molar-refractivity contribution >= 4 is 24.3 Å². The first-order valence-electron chi connectivity index (χ1n) is 7.34. The normalized spacial score (nSPS) is 14.1. The van der Waals surface area contributed by atoms with E-state index in [2.05, 4.69) is 9.97 Å². The molecule has 1 aromatic carbocycles. The van der Waals surface area contributed by atoms with Gasteiger partial charge in [-0.15, -0.1) is 12.4 Å². The monoisotopic (exact) mass is 352 g/mol. The van der Waals surface area contributed by atoms with Gasteiger partial charge in [-0.05, 0) is 24.3 Å². The number of aromatic nitrogens is 2. The minimum absolute atomic E-state index is 0. The Balaban J connectivity index is 0.00000208. The Morgan fingerprint density at radius 2 is 1.79 bits per heavy atom. The molecule has 0 N–H and O–H groups in total. The zero-order chi connectivity index (χ0) is 16.2. The molecular formula is C16H18ClFN4O2. The van der Waals surface area contributed by atoms with Crippen molar-refractivity contribution in [3.63, 3.8) is 0 Å². The van der Waals surface area contributed by atoms with Crippen LogP contribution in [0.5, 0.6) is 5.88 Å². The standard InChI is InChI=1S/C16H17FN4O2.ClH/c1-23-14-6-7-18-16(19-14)21-10-8-20(9-11-21)15(22)12-2-4-13(17)5-3-12;/h2-7H,8-11H2,1H3;1H. The molecular weight excluding hydrogens is 335 g/mol. The molecule has 0 atom stereocenters. The summed E-state index contributed by atoms with van der Waals surface area (Å²) in [6.07, 6.45) is 1.65. The zero-order valence-electron chi connectivity index (χ0n) is 13.2. The van der Waals surface area contributed by atoms with E-state index in [0.29, 0.717) is 43.6 Å². The van der Waals surface area contributed by atoms with Gasteiger partial charge in [0.1, 0.15) is 5.82 Å². The van der Waals surface area contributed by atoms with Crippen molar-refractivity contribution in [3.8, 4) is 5.88 Å². The van der Waals surface area contributed by atoms with Crippen molar-refractivity contribution in [2.75, 3.05) is 38.2 Å². The van der Waals surface area contributed by atoms with Crippen LogP contribution in [-0.2, 0) is 0 Å². The van der Waals surface area contributed by atoms with Gasteiger partial charge in [0.05, 0.1) is 7.11 Å². The SMILES string of the molecule is COc1ccnc(N2CCN(C(=O)c3ccc(F)cc3)CC2)n1.Cl. The van der Waals surface area contributed by atoms with Crippen LogP contribution in [0.4, 0.5) is 10.3 Å². The van der Waals surface area contributed by atoms with Crippen molar-refractivity contribution in [3.05, 3.63) is 47.9 Å². The maximum Gasteiger partial charge on any atom is 0.253 e. The molecule has 0 unspecified atom stereocenters. The highest BCUT2D eigenvalue weighted by Crippen LogP contribution is 2.16. The molecule has 1 amide bonds. The highest BCUT2D eigenvalue weighted by Gasteiger charge is 2.23. The largest absolute Gasteiger partial charge is 0.481 e. The molecule has 1 aliphatic rings. The van der Waals surface area contributed by atoms with E-state index in [1.807, 2.05) is 4.90 Å². The molecule has 0 radical (unpaired) electrons. The fourth-order valence-corrected chi connectivity index (χ4v) is 2.48. The molecule has 1 aromatic heterocycles. The summed E-state index contributed by atoms with van der Waals surface area (Å²) in [4.78, 5) is 24.7. The number of benzene rings is 1. The molecule has 0 spiro atoms. The number of ether oxygens (including phenoxy) is 1. The van der Waals surface area contributed by atoms with Crippen LogP contribution in [0.15, 0.2) is 36.5 Å². The van der Waals surface area contributed by atoms with Gasteiger partial charge in [0.2, 0.25) is 11.8 Å². The third kappa shape index (κ3) is 3.91. The Kier molecular flexibility index (Phi) is 5.92. The number of rotatable bonds is 3. The topological polar surface area (TPSA) is 58.6 Å². The summed E-state index contributed by atoms with van der Waals surface area (Å²) in [7, 11) is 1.56. The first-order valence-corrected chi connectivity index (χ1v) is 7.34. The Morgan fingerprint density at radius 1 is 1.12 bits per heavy atom. The Hall–Kier alpha value is -2.41. The lowest BCUT2D eigenvalue weighted by Gasteiger charge is -2.34. The van der Waals surface area contributed by atoms with Gasteiger partial charge in [-0.2, -0.15) is 4.98 Å². The highest BCUT2D eigenvalue weighted by molar-refractivity contribution is 5.94. The lowest BCUT2D eigenvalue weighted by molar-refractivity contribution is 0.0746. The van der Waals surface area contributed by atoms with E-state index in [9.17, 15) is 9.18 Å². The Labute approximate surface area is 145 Å². The molecule has 1 fully saturated rings. The second-order valence-electron chi connectivity index (χ2n) is 5.19. The molecule has 1 saturated heterocycles. The number of methoxy groups -OCH3 is 1. The van der Waals surface area contributed by atoms with Gasteiger partial charge < -0.3 is 14.5 Å².